The highest BCUT2D eigenvalue weighted by atomic mass is 16.2. The van der Waals surface area contributed by atoms with Crippen molar-refractivity contribution in [2.24, 2.45) is 5.41 Å². The maximum absolute atomic E-state index is 13.2. The molecular weight excluding hydrogens is 388 g/mol. The van der Waals surface area contributed by atoms with E-state index in [1.54, 1.807) is 11.1 Å². The number of carbonyl (C=O) groups is 2. The van der Waals surface area contributed by atoms with Crippen LogP contribution in [0.15, 0.2) is 73.2 Å². The van der Waals surface area contributed by atoms with Gasteiger partial charge >= 0.3 is 0 Å². The zero-order valence-corrected chi connectivity index (χ0v) is 17.6. The smallest absolute Gasteiger partial charge is 0.274 e. The number of hydrogen-bond acceptors (Lipinski definition) is 4. The molecule has 1 aromatic heterocycles. The molecule has 1 aliphatic heterocycles. The van der Waals surface area contributed by atoms with Crippen LogP contribution in [0.2, 0.25) is 0 Å². The Hall–Kier alpha value is -3.54. The lowest BCUT2D eigenvalue weighted by atomic mass is 9.79. The van der Waals surface area contributed by atoms with Crippen molar-refractivity contribution >= 4 is 11.8 Å². The average Bonchev–Trinajstić information content (AvgIpc) is 3.25. The number of hydrogen-bond donors (Lipinski definition) is 1. The number of rotatable bonds is 6. The standard InChI is InChI=1S/C25H26N4O2/c1-2-27-24(31)25(11-14-29(18-25)23(30)22-17-26-12-13-28-22)16-19-7-6-10-21(15-19)20-8-4-3-5-9-20/h3-10,12-13,15,17H,2,11,14,16,18H2,1H3,(H,27,31). The lowest BCUT2D eigenvalue weighted by Crippen LogP contribution is -2.45. The summed E-state index contributed by atoms with van der Waals surface area (Å²) in [4.78, 5) is 35.9. The van der Waals surface area contributed by atoms with E-state index >= 15 is 0 Å². The zero-order chi connectivity index (χ0) is 21.7. The van der Waals surface area contributed by atoms with Crippen molar-refractivity contribution in [2.75, 3.05) is 19.6 Å². The van der Waals surface area contributed by atoms with Gasteiger partial charge in [-0.3, -0.25) is 14.6 Å². The summed E-state index contributed by atoms with van der Waals surface area (Å²) in [5.74, 6) is -0.188. The van der Waals surface area contributed by atoms with Crippen LogP contribution in [0.3, 0.4) is 0 Å². The van der Waals surface area contributed by atoms with Gasteiger partial charge in [0.05, 0.1) is 11.6 Å². The number of likely N-dealkylation sites (tertiary alicyclic amines) is 1. The molecule has 1 N–H and O–H groups in total. The van der Waals surface area contributed by atoms with E-state index in [2.05, 4.69) is 45.6 Å². The van der Waals surface area contributed by atoms with Gasteiger partial charge in [-0.1, -0.05) is 54.6 Å². The second-order valence-electron chi connectivity index (χ2n) is 7.95. The normalized spacial score (nSPS) is 18.0. The van der Waals surface area contributed by atoms with Crippen LogP contribution in [0.25, 0.3) is 11.1 Å². The van der Waals surface area contributed by atoms with Crippen LogP contribution in [0.5, 0.6) is 0 Å². The summed E-state index contributed by atoms with van der Waals surface area (Å²) in [5.41, 5.74) is 2.99. The molecule has 0 spiro atoms. The average molecular weight is 415 g/mol. The first-order valence-electron chi connectivity index (χ1n) is 10.6. The minimum absolute atomic E-state index is 0.00504. The predicted molar refractivity (Wildman–Crippen MR) is 119 cm³/mol. The summed E-state index contributed by atoms with van der Waals surface area (Å²) in [6, 6.07) is 18.5. The van der Waals surface area contributed by atoms with Crippen LogP contribution in [-0.4, -0.2) is 46.3 Å². The topological polar surface area (TPSA) is 75.2 Å². The number of nitrogens with one attached hydrogen (secondary N) is 1. The fraction of sp³-hybridized carbons (Fsp3) is 0.280. The molecule has 158 valence electrons. The molecular formula is C25H26N4O2. The van der Waals surface area contributed by atoms with E-state index in [0.717, 1.165) is 16.7 Å². The fourth-order valence-electron chi connectivity index (χ4n) is 4.26. The molecule has 2 heterocycles. The van der Waals surface area contributed by atoms with E-state index in [9.17, 15) is 9.59 Å². The maximum atomic E-state index is 13.2. The van der Waals surface area contributed by atoms with Gasteiger partial charge < -0.3 is 10.2 Å². The molecule has 1 fully saturated rings. The summed E-state index contributed by atoms with van der Waals surface area (Å²) in [6.07, 6.45) is 5.71. The maximum Gasteiger partial charge on any atom is 0.274 e. The molecule has 4 rings (SSSR count). The Morgan fingerprint density at radius 2 is 1.87 bits per heavy atom. The van der Waals surface area contributed by atoms with Crippen LogP contribution in [-0.2, 0) is 11.2 Å². The molecule has 0 aliphatic carbocycles. The van der Waals surface area contributed by atoms with Gasteiger partial charge in [-0.15, -0.1) is 0 Å². The third kappa shape index (κ3) is 4.48. The summed E-state index contributed by atoms with van der Waals surface area (Å²) < 4.78 is 0. The number of aromatic nitrogens is 2. The van der Waals surface area contributed by atoms with E-state index in [-0.39, 0.29) is 11.8 Å². The first kappa shape index (κ1) is 20.7. The van der Waals surface area contributed by atoms with Gasteiger partial charge in [0.15, 0.2) is 0 Å². The highest BCUT2D eigenvalue weighted by Crippen LogP contribution is 2.36. The first-order chi connectivity index (χ1) is 15.1. The van der Waals surface area contributed by atoms with Crippen molar-refractivity contribution in [1.82, 2.24) is 20.2 Å². The predicted octanol–water partition coefficient (Wildman–Crippen LogP) is 3.35. The van der Waals surface area contributed by atoms with E-state index < -0.39 is 5.41 Å². The second kappa shape index (κ2) is 9.08. The van der Waals surface area contributed by atoms with Gasteiger partial charge in [-0.25, -0.2) is 4.98 Å². The molecule has 1 atom stereocenters. The Morgan fingerprint density at radius 3 is 2.61 bits per heavy atom. The van der Waals surface area contributed by atoms with Crippen LogP contribution in [0, 0.1) is 5.41 Å². The largest absolute Gasteiger partial charge is 0.356 e. The van der Waals surface area contributed by atoms with Gasteiger partial charge in [-0.05, 0) is 36.5 Å². The summed E-state index contributed by atoms with van der Waals surface area (Å²) in [5, 5.41) is 2.99. The Balaban J connectivity index is 1.59. The van der Waals surface area contributed by atoms with E-state index in [0.29, 0.717) is 38.2 Å². The molecule has 0 saturated carbocycles. The van der Waals surface area contributed by atoms with Crippen LogP contribution in [0.1, 0.15) is 29.4 Å². The molecule has 2 amide bonds. The molecule has 6 heteroatoms. The quantitative estimate of drug-likeness (QED) is 0.671. The third-order valence-electron chi connectivity index (χ3n) is 5.82. The van der Waals surface area contributed by atoms with Crippen LogP contribution < -0.4 is 5.32 Å². The van der Waals surface area contributed by atoms with Crippen LogP contribution in [0.4, 0.5) is 0 Å². The van der Waals surface area contributed by atoms with Crippen molar-refractivity contribution in [1.29, 1.82) is 0 Å². The third-order valence-corrected chi connectivity index (χ3v) is 5.82. The second-order valence-corrected chi connectivity index (χ2v) is 7.95. The molecule has 1 unspecified atom stereocenters. The molecule has 6 nitrogen and oxygen atoms in total. The first-order valence-corrected chi connectivity index (χ1v) is 10.6. The molecule has 0 bridgehead atoms. The van der Waals surface area contributed by atoms with Crippen molar-refractivity contribution < 1.29 is 9.59 Å². The lowest BCUT2D eigenvalue weighted by molar-refractivity contribution is -0.130. The van der Waals surface area contributed by atoms with Crippen molar-refractivity contribution in [3.05, 3.63) is 84.4 Å². The highest BCUT2D eigenvalue weighted by Gasteiger charge is 2.46. The summed E-state index contributed by atoms with van der Waals surface area (Å²) >= 11 is 0. The van der Waals surface area contributed by atoms with Gasteiger partial charge in [0.2, 0.25) is 5.91 Å². The van der Waals surface area contributed by atoms with Crippen LogP contribution >= 0.6 is 0 Å². The zero-order valence-electron chi connectivity index (χ0n) is 17.6. The highest BCUT2D eigenvalue weighted by molar-refractivity contribution is 5.93. The minimum atomic E-state index is -0.664. The Bertz CT molecular complexity index is 1060. The van der Waals surface area contributed by atoms with E-state index in [4.69, 9.17) is 0 Å². The molecule has 2 aromatic carbocycles. The van der Waals surface area contributed by atoms with Gasteiger partial charge in [0.1, 0.15) is 5.69 Å². The Morgan fingerprint density at radius 1 is 1.06 bits per heavy atom. The van der Waals surface area contributed by atoms with Gasteiger partial charge in [0, 0.05) is 32.0 Å². The van der Waals surface area contributed by atoms with Crippen molar-refractivity contribution in [3.8, 4) is 11.1 Å². The summed E-state index contributed by atoms with van der Waals surface area (Å²) in [6.45, 7) is 3.36. The summed E-state index contributed by atoms with van der Waals surface area (Å²) in [7, 11) is 0. The molecule has 0 radical (unpaired) electrons. The van der Waals surface area contributed by atoms with Gasteiger partial charge in [-0.2, -0.15) is 0 Å². The molecule has 1 aliphatic rings. The van der Waals surface area contributed by atoms with E-state index in [1.165, 1.54) is 12.4 Å². The SMILES string of the molecule is CCNC(=O)C1(Cc2cccc(-c3ccccc3)c2)CCN(C(=O)c2cnccn2)C1. The number of carbonyl (C=O) groups excluding carboxylic acids is 2. The molecule has 3 aromatic rings. The molecule has 1 saturated heterocycles. The molecule has 31 heavy (non-hydrogen) atoms. The number of nitrogens with zero attached hydrogens (tertiary/aromatic N) is 3. The monoisotopic (exact) mass is 414 g/mol. The van der Waals surface area contributed by atoms with E-state index in [1.807, 2.05) is 31.2 Å². The number of benzene rings is 2. The fourth-order valence-corrected chi connectivity index (χ4v) is 4.26. The Labute approximate surface area is 182 Å². The minimum Gasteiger partial charge on any atom is -0.356 e. The van der Waals surface area contributed by atoms with Gasteiger partial charge in [0.25, 0.3) is 5.91 Å². The Kier molecular flexibility index (Phi) is 6.07. The number of amides is 2. The van der Waals surface area contributed by atoms with Crippen molar-refractivity contribution in [3.63, 3.8) is 0 Å². The van der Waals surface area contributed by atoms with Crippen molar-refractivity contribution in [2.45, 2.75) is 19.8 Å². The lowest BCUT2D eigenvalue weighted by Gasteiger charge is -2.28.